The van der Waals surface area contributed by atoms with Crippen LogP contribution in [0.2, 0.25) is 0 Å². The summed E-state index contributed by atoms with van der Waals surface area (Å²) < 4.78 is 0.614. The molecule has 0 atom stereocenters. The van der Waals surface area contributed by atoms with Crippen molar-refractivity contribution in [1.29, 1.82) is 0 Å². The second-order valence-electron chi connectivity index (χ2n) is 3.95. The first-order chi connectivity index (χ1) is 8.16. The molecule has 3 nitrogen and oxygen atoms in total. The van der Waals surface area contributed by atoms with E-state index in [0.29, 0.717) is 15.7 Å². The Hall–Kier alpha value is -1.03. The number of nitrogens with one attached hydrogen (secondary N) is 1. The van der Waals surface area contributed by atoms with Gasteiger partial charge < -0.3 is 10.4 Å². The zero-order chi connectivity index (χ0) is 12.7. The van der Waals surface area contributed by atoms with Gasteiger partial charge in [0.1, 0.15) is 0 Å². The number of rotatable bonds is 7. The minimum absolute atomic E-state index is 0.308. The van der Waals surface area contributed by atoms with E-state index in [1.165, 1.54) is 19.3 Å². The fraction of sp³-hybridized carbons (Fsp3) is 0.462. The Bertz CT molecular complexity index is 380. The van der Waals surface area contributed by atoms with E-state index in [-0.39, 0.29) is 0 Å². The van der Waals surface area contributed by atoms with Gasteiger partial charge in [0.15, 0.2) is 0 Å². The molecule has 4 heteroatoms. The summed E-state index contributed by atoms with van der Waals surface area (Å²) in [7, 11) is 0. The highest BCUT2D eigenvalue weighted by Crippen LogP contribution is 2.24. The normalized spacial score (nSPS) is 10.2. The van der Waals surface area contributed by atoms with Gasteiger partial charge in [0, 0.05) is 16.7 Å². The van der Waals surface area contributed by atoms with Crippen LogP contribution >= 0.6 is 15.9 Å². The number of hydrogen-bond donors (Lipinski definition) is 2. The largest absolute Gasteiger partial charge is 0.478 e. The lowest BCUT2D eigenvalue weighted by Crippen LogP contribution is -2.08. The third-order valence-corrected chi connectivity index (χ3v) is 3.23. The average molecular weight is 300 g/mol. The van der Waals surface area contributed by atoms with Gasteiger partial charge in [-0.2, -0.15) is 0 Å². The molecule has 1 aromatic rings. The van der Waals surface area contributed by atoms with Crippen molar-refractivity contribution in [3.63, 3.8) is 0 Å². The molecule has 2 N–H and O–H groups in total. The maximum absolute atomic E-state index is 11.1. The number of aromatic carboxylic acids is 1. The molecule has 94 valence electrons. The molecule has 0 saturated carbocycles. The summed E-state index contributed by atoms with van der Waals surface area (Å²) in [6.07, 6.45) is 4.68. The number of anilines is 1. The quantitative estimate of drug-likeness (QED) is 0.744. The molecule has 0 aliphatic rings. The zero-order valence-corrected chi connectivity index (χ0v) is 11.6. The highest BCUT2D eigenvalue weighted by Gasteiger charge is 2.13. The van der Waals surface area contributed by atoms with Crippen LogP contribution in [-0.4, -0.2) is 17.6 Å². The smallest absolute Gasteiger partial charge is 0.338 e. The molecule has 0 saturated heterocycles. The van der Waals surface area contributed by atoms with Crippen LogP contribution in [0.15, 0.2) is 22.7 Å². The summed E-state index contributed by atoms with van der Waals surface area (Å²) in [4.78, 5) is 11.1. The van der Waals surface area contributed by atoms with E-state index in [9.17, 15) is 4.79 Å². The van der Waals surface area contributed by atoms with Crippen LogP contribution in [0.4, 0.5) is 5.69 Å². The Morgan fingerprint density at radius 3 is 2.76 bits per heavy atom. The number of carboxylic acid groups (broad SMARTS) is 1. The third kappa shape index (κ3) is 4.38. The fourth-order valence-electron chi connectivity index (χ4n) is 1.66. The molecule has 0 aliphatic carbocycles. The van der Waals surface area contributed by atoms with Crippen LogP contribution in [0.1, 0.15) is 43.0 Å². The topological polar surface area (TPSA) is 49.3 Å². The first kappa shape index (κ1) is 14.0. The fourth-order valence-corrected chi connectivity index (χ4v) is 2.20. The van der Waals surface area contributed by atoms with Gasteiger partial charge in [0.05, 0.1) is 5.56 Å². The second-order valence-corrected chi connectivity index (χ2v) is 4.81. The van der Waals surface area contributed by atoms with Gasteiger partial charge in [-0.05, 0) is 34.5 Å². The van der Waals surface area contributed by atoms with Gasteiger partial charge in [-0.15, -0.1) is 0 Å². The van der Waals surface area contributed by atoms with Crippen molar-refractivity contribution in [2.75, 3.05) is 11.9 Å². The summed E-state index contributed by atoms with van der Waals surface area (Å²) in [6.45, 7) is 2.99. The van der Waals surface area contributed by atoms with Crippen LogP contribution in [0, 0.1) is 0 Å². The van der Waals surface area contributed by atoms with Gasteiger partial charge in [-0.25, -0.2) is 4.79 Å². The van der Waals surface area contributed by atoms with Crippen LogP contribution < -0.4 is 5.32 Å². The zero-order valence-electron chi connectivity index (χ0n) is 10.0. The first-order valence-corrected chi connectivity index (χ1v) is 6.71. The molecular formula is C13H18BrNO2. The highest BCUT2D eigenvalue weighted by molar-refractivity contribution is 9.10. The first-order valence-electron chi connectivity index (χ1n) is 5.92. The van der Waals surface area contributed by atoms with Crippen LogP contribution in [0.5, 0.6) is 0 Å². The number of halogens is 1. The molecule has 0 aliphatic heterocycles. The molecule has 0 unspecified atom stereocenters. The lowest BCUT2D eigenvalue weighted by atomic mass is 10.1. The van der Waals surface area contributed by atoms with Gasteiger partial charge in [0.25, 0.3) is 0 Å². The minimum Gasteiger partial charge on any atom is -0.478 e. The van der Waals surface area contributed by atoms with Crippen molar-refractivity contribution in [3.05, 3.63) is 28.2 Å². The Morgan fingerprint density at radius 2 is 2.12 bits per heavy atom. The van der Waals surface area contributed by atoms with Crippen molar-refractivity contribution in [2.45, 2.75) is 32.6 Å². The van der Waals surface area contributed by atoms with E-state index in [0.717, 1.165) is 13.0 Å². The minimum atomic E-state index is -0.909. The molecule has 0 aromatic heterocycles. The molecule has 0 spiro atoms. The van der Waals surface area contributed by atoms with Crippen LogP contribution in [0.25, 0.3) is 0 Å². The van der Waals surface area contributed by atoms with E-state index in [1.54, 1.807) is 12.1 Å². The third-order valence-electron chi connectivity index (χ3n) is 2.57. The molecule has 0 fully saturated rings. The van der Waals surface area contributed by atoms with E-state index in [1.807, 2.05) is 6.07 Å². The van der Waals surface area contributed by atoms with E-state index in [2.05, 4.69) is 28.2 Å². The number of carbonyl (C=O) groups is 1. The molecule has 0 radical (unpaired) electrons. The SMILES string of the molecule is CCCCCCNc1cccc(Br)c1C(=O)O. The van der Waals surface area contributed by atoms with Gasteiger partial charge >= 0.3 is 5.97 Å². The van der Waals surface area contributed by atoms with Crippen LogP contribution in [0.3, 0.4) is 0 Å². The van der Waals surface area contributed by atoms with Crippen molar-refractivity contribution in [2.24, 2.45) is 0 Å². The molecular weight excluding hydrogens is 282 g/mol. The van der Waals surface area contributed by atoms with Gasteiger partial charge in [-0.3, -0.25) is 0 Å². The Kier molecular flexibility index (Phi) is 6.05. The summed E-state index contributed by atoms with van der Waals surface area (Å²) in [5.41, 5.74) is 0.992. The molecule has 0 bridgehead atoms. The Morgan fingerprint density at radius 1 is 1.35 bits per heavy atom. The predicted octanol–water partition coefficient (Wildman–Crippen LogP) is 4.14. The van der Waals surface area contributed by atoms with Crippen molar-refractivity contribution >= 4 is 27.6 Å². The molecule has 0 amide bonds. The lowest BCUT2D eigenvalue weighted by molar-refractivity contribution is 0.0697. The number of unbranched alkanes of at least 4 members (excludes halogenated alkanes) is 3. The van der Waals surface area contributed by atoms with E-state index >= 15 is 0 Å². The Labute approximate surface area is 110 Å². The molecule has 0 heterocycles. The maximum atomic E-state index is 11.1. The molecule has 1 rings (SSSR count). The number of carboxylic acids is 1. The van der Waals surface area contributed by atoms with E-state index < -0.39 is 5.97 Å². The van der Waals surface area contributed by atoms with Gasteiger partial charge in [0.2, 0.25) is 0 Å². The van der Waals surface area contributed by atoms with Crippen LogP contribution in [-0.2, 0) is 0 Å². The van der Waals surface area contributed by atoms with Crippen molar-refractivity contribution in [3.8, 4) is 0 Å². The van der Waals surface area contributed by atoms with Gasteiger partial charge in [-0.1, -0.05) is 32.3 Å². The molecule has 1 aromatic carbocycles. The van der Waals surface area contributed by atoms with E-state index in [4.69, 9.17) is 5.11 Å². The lowest BCUT2D eigenvalue weighted by Gasteiger charge is -2.10. The summed E-state index contributed by atoms with van der Waals surface area (Å²) in [6, 6.07) is 5.38. The monoisotopic (exact) mass is 299 g/mol. The molecule has 17 heavy (non-hydrogen) atoms. The summed E-state index contributed by atoms with van der Waals surface area (Å²) in [5.74, 6) is -0.909. The Balaban J connectivity index is 2.58. The number of hydrogen-bond acceptors (Lipinski definition) is 2. The second kappa shape index (κ2) is 7.33. The summed E-state index contributed by atoms with van der Waals surface area (Å²) >= 11 is 3.26. The highest BCUT2D eigenvalue weighted by atomic mass is 79.9. The average Bonchev–Trinajstić information content (AvgIpc) is 2.28. The predicted molar refractivity (Wildman–Crippen MR) is 73.7 cm³/mol. The number of benzene rings is 1. The summed E-state index contributed by atoms with van der Waals surface area (Å²) in [5, 5.41) is 12.3. The maximum Gasteiger partial charge on any atom is 0.338 e. The van der Waals surface area contributed by atoms with Crippen molar-refractivity contribution in [1.82, 2.24) is 0 Å². The standard InChI is InChI=1S/C13H18BrNO2/c1-2-3-4-5-9-15-11-8-6-7-10(14)12(11)13(16)17/h6-8,15H,2-5,9H2,1H3,(H,16,17). The van der Waals surface area contributed by atoms with Crippen molar-refractivity contribution < 1.29 is 9.90 Å².